The molecule has 5 aliphatic heterocycles. The molecule has 8 rings (SSSR count). The quantitative estimate of drug-likeness (QED) is 0.330. The Balaban J connectivity index is 1.21. The smallest absolute Gasteiger partial charge is 0.264 e. The maximum Gasteiger partial charge on any atom is 0.264 e. The summed E-state index contributed by atoms with van der Waals surface area (Å²) in [7, 11) is 0.972. The molecule has 4 saturated heterocycles. The molecule has 2 spiro atoms. The molecule has 5 heterocycles. The van der Waals surface area contributed by atoms with Crippen molar-refractivity contribution in [3.05, 3.63) is 78.4 Å². The molecule has 11 nitrogen and oxygen atoms in total. The molecule has 0 aliphatic carbocycles. The van der Waals surface area contributed by atoms with E-state index in [9.17, 15) is 19.5 Å². The van der Waals surface area contributed by atoms with E-state index in [0.29, 0.717) is 26.1 Å². The fraction of sp³-hybridized carbons (Fsp3) is 0.500. The van der Waals surface area contributed by atoms with Gasteiger partial charge >= 0.3 is 0 Å². The molecule has 12 heteroatoms. The van der Waals surface area contributed by atoms with Gasteiger partial charge in [-0.1, -0.05) is 55.5 Å². The Morgan fingerprint density at radius 2 is 1.72 bits per heavy atom. The third-order valence-corrected chi connectivity index (χ3v) is 17.8. The number of nitrogens with zero attached hydrogens (tertiary/aromatic N) is 4. The van der Waals surface area contributed by atoms with E-state index in [-0.39, 0.29) is 48.3 Å². The highest BCUT2D eigenvalue weighted by Crippen LogP contribution is 2.60. The number of benzene rings is 3. The Morgan fingerprint density at radius 1 is 1.00 bits per heavy atom. The largest absolute Gasteiger partial charge is 0.497 e. The van der Waals surface area contributed by atoms with Gasteiger partial charge in [0.1, 0.15) is 11.3 Å². The highest BCUT2D eigenvalue weighted by Gasteiger charge is 2.66. The van der Waals surface area contributed by atoms with Crippen LogP contribution in [0.15, 0.2) is 72.8 Å². The van der Waals surface area contributed by atoms with Gasteiger partial charge in [0.2, 0.25) is 5.91 Å². The topological polar surface area (TPSA) is 115 Å². The van der Waals surface area contributed by atoms with Gasteiger partial charge in [-0.2, -0.15) is 0 Å². The number of nitrogens with one attached hydrogen (secondary N) is 1. The molecule has 54 heavy (non-hydrogen) atoms. The molecule has 3 aromatic carbocycles. The van der Waals surface area contributed by atoms with Crippen LogP contribution in [0, 0.1) is 5.92 Å². The van der Waals surface area contributed by atoms with Gasteiger partial charge in [0.25, 0.3) is 11.8 Å². The standard InChI is InChI=1S/C42H53N5O6Si/c1-28-38(54(4,5)33-16-14-32(52-3)15-17-33)36(25-37(49)45-23-9-12-31(45)26-48)53-42(28)34-24-30(13-18-35(34)44(2)40(42)51)46-27-47(29-10-7-6-8-11-29)41(39(46)50)19-21-43-22-20-41/h6-8,10-11,13-18,24,28,31,36,38,43,48H,9,12,19-23,25-27H2,1-5H3/t28-,31-,36+,38-,42+/m0/s1. The van der Waals surface area contributed by atoms with E-state index >= 15 is 0 Å². The van der Waals surface area contributed by atoms with Gasteiger partial charge in [-0.05, 0) is 86.8 Å². The summed E-state index contributed by atoms with van der Waals surface area (Å²) in [4.78, 5) is 51.3. The number of fused-ring (bicyclic) bond motifs is 2. The summed E-state index contributed by atoms with van der Waals surface area (Å²) in [5.74, 6) is 0.356. The number of anilines is 3. The van der Waals surface area contributed by atoms with Crippen molar-refractivity contribution in [2.24, 2.45) is 5.92 Å². The first-order chi connectivity index (χ1) is 26.0. The summed E-state index contributed by atoms with van der Waals surface area (Å²) in [6.07, 6.45) is 2.61. The van der Waals surface area contributed by atoms with Gasteiger partial charge in [-0.3, -0.25) is 19.3 Å². The van der Waals surface area contributed by atoms with Crippen LogP contribution >= 0.6 is 0 Å². The lowest BCUT2D eigenvalue weighted by molar-refractivity contribution is -0.149. The van der Waals surface area contributed by atoms with Gasteiger partial charge < -0.3 is 34.6 Å². The van der Waals surface area contributed by atoms with Gasteiger partial charge in [0.05, 0.1) is 52.7 Å². The van der Waals surface area contributed by atoms with Crippen molar-refractivity contribution in [1.82, 2.24) is 10.2 Å². The third-order valence-electron chi connectivity index (χ3n) is 13.5. The van der Waals surface area contributed by atoms with Crippen LogP contribution in [0.4, 0.5) is 17.1 Å². The van der Waals surface area contributed by atoms with Gasteiger partial charge in [-0.25, -0.2) is 0 Å². The van der Waals surface area contributed by atoms with E-state index in [4.69, 9.17) is 9.47 Å². The molecular weight excluding hydrogens is 699 g/mol. The Kier molecular flexibility index (Phi) is 9.39. The molecule has 2 N–H and O–H groups in total. The van der Waals surface area contributed by atoms with Crippen LogP contribution in [0.1, 0.15) is 44.6 Å². The van der Waals surface area contributed by atoms with Crippen LogP contribution in [-0.2, 0) is 24.7 Å². The maximum absolute atomic E-state index is 14.8. The molecule has 3 amide bonds. The SMILES string of the molecule is COc1ccc([Si](C)(C)[C@@H]2[C@@H](CC(=O)N3CCC[C@H]3CO)O[C@]3(C(=O)N(C)c4ccc(N5CN(c6ccccc6)C6(CCNCC6)C5=O)cc43)[C@H]2C)cc1. The van der Waals surface area contributed by atoms with Crippen LogP contribution in [0.25, 0.3) is 0 Å². The molecule has 3 aromatic rings. The Hall–Kier alpha value is -4.23. The second kappa shape index (κ2) is 13.8. The number of methoxy groups -OCH3 is 1. The van der Waals surface area contributed by atoms with Crippen LogP contribution in [0.3, 0.4) is 0 Å². The summed E-state index contributed by atoms with van der Waals surface area (Å²) < 4.78 is 12.7. The number of ether oxygens (including phenoxy) is 2. The summed E-state index contributed by atoms with van der Waals surface area (Å²) >= 11 is 0. The lowest BCUT2D eigenvalue weighted by Gasteiger charge is -2.39. The van der Waals surface area contributed by atoms with E-state index in [2.05, 4.69) is 54.5 Å². The number of para-hydroxylation sites is 1. The number of rotatable bonds is 8. The average molecular weight is 752 g/mol. The lowest BCUT2D eigenvalue weighted by Crippen LogP contribution is -2.55. The number of amides is 3. The highest BCUT2D eigenvalue weighted by atomic mass is 28.3. The summed E-state index contributed by atoms with van der Waals surface area (Å²) in [6.45, 7) is 9.19. The van der Waals surface area contributed by atoms with Crippen LogP contribution in [0.2, 0.25) is 18.6 Å². The summed E-state index contributed by atoms with van der Waals surface area (Å²) in [5, 5.41) is 14.7. The monoisotopic (exact) mass is 751 g/mol. The minimum absolute atomic E-state index is 0.0472. The number of likely N-dealkylation sites (N-methyl/N-ethyl adjacent to an activating group) is 1. The first-order valence-electron chi connectivity index (χ1n) is 19.5. The van der Waals surface area contributed by atoms with E-state index in [1.807, 2.05) is 53.4 Å². The van der Waals surface area contributed by atoms with Gasteiger partial charge in [0, 0.05) is 36.4 Å². The first-order valence-corrected chi connectivity index (χ1v) is 22.6. The van der Waals surface area contributed by atoms with E-state index in [1.54, 1.807) is 24.0 Å². The van der Waals surface area contributed by atoms with Crippen molar-refractivity contribution < 1.29 is 29.0 Å². The fourth-order valence-electron chi connectivity index (χ4n) is 10.6. The number of aliphatic hydroxyl groups excluding tert-OH is 1. The van der Waals surface area contributed by atoms with Gasteiger partial charge in [0.15, 0.2) is 5.60 Å². The minimum Gasteiger partial charge on any atom is -0.497 e. The van der Waals surface area contributed by atoms with Gasteiger partial charge in [-0.15, -0.1) is 0 Å². The Labute approximate surface area is 319 Å². The van der Waals surface area contributed by atoms with Crippen LogP contribution < -0.4 is 29.9 Å². The van der Waals surface area contributed by atoms with Crippen molar-refractivity contribution in [1.29, 1.82) is 0 Å². The Morgan fingerprint density at radius 3 is 2.41 bits per heavy atom. The molecule has 0 radical (unpaired) electrons. The molecule has 0 unspecified atom stereocenters. The zero-order valence-electron chi connectivity index (χ0n) is 32.1. The second-order valence-corrected chi connectivity index (χ2v) is 21.1. The zero-order chi connectivity index (χ0) is 38.0. The number of likely N-dealkylation sites (tertiary alicyclic amines) is 1. The third kappa shape index (κ3) is 5.50. The molecule has 5 aliphatic rings. The predicted molar refractivity (Wildman–Crippen MR) is 212 cm³/mol. The number of carbonyl (C=O) groups excluding carboxylic acids is 3. The summed E-state index contributed by atoms with van der Waals surface area (Å²) in [6, 6.07) is 24.1. The number of piperidine rings is 1. The van der Waals surface area contributed by atoms with Crippen molar-refractivity contribution in [2.45, 2.75) is 80.9 Å². The van der Waals surface area contributed by atoms with Crippen molar-refractivity contribution in [3.8, 4) is 5.75 Å². The normalized spacial score (nSPS) is 27.8. The minimum atomic E-state index is -2.48. The molecule has 0 bridgehead atoms. The molecule has 5 atom stereocenters. The molecule has 286 valence electrons. The maximum atomic E-state index is 14.8. The number of hydrogen-bond acceptors (Lipinski definition) is 8. The average Bonchev–Trinajstić information content (AvgIpc) is 3.92. The lowest BCUT2D eigenvalue weighted by atomic mass is 9.82. The molecule has 0 aromatic heterocycles. The molecular formula is C42H53N5O6Si. The summed E-state index contributed by atoms with van der Waals surface area (Å²) in [5.41, 5.74) is 1.13. The van der Waals surface area contributed by atoms with E-state index in [1.165, 1.54) is 5.19 Å². The molecule has 0 saturated carbocycles. The number of aliphatic hydroxyl groups is 1. The predicted octanol–water partition coefficient (Wildman–Crippen LogP) is 4.19. The van der Waals surface area contributed by atoms with E-state index in [0.717, 1.165) is 54.3 Å². The fourth-order valence-corrected chi connectivity index (χ4v) is 14.6. The van der Waals surface area contributed by atoms with Crippen molar-refractivity contribution in [2.75, 3.05) is 61.8 Å². The van der Waals surface area contributed by atoms with Crippen LogP contribution in [0.5, 0.6) is 5.75 Å². The van der Waals surface area contributed by atoms with Crippen molar-refractivity contribution >= 4 is 48.0 Å². The first kappa shape index (κ1) is 36.7. The zero-order valence-corrected chi connectivity index (χ0v) is 33.1. The van der Waals surface area contributed by atoms with E-state index < -0.39 is 25.3 Å². The number of hydrogen-bond donors (Lipinski definition) is 2. The van der Waals surface area contributed by atoms with Crippen molar-refractivity contribution in [3.63, 3.8) is 0 Å². The highest BCUT2D eigenvalue weighted by molar-refractivity contribution is 6.91. The number of carbonyl (C=O) groups is 3. The second-order valence-electron chi connectivity index (χ2n) is 16.4. The molecule has 4 fully saturated rings. The van der Waals surface area contributed by atoms with Crippen LogP contribution in [-0.4, -0.2) is 101 Å². The Bertz CT molecular complexity index is 1920.